The summed E-state index contributed by atoms with van der Waals surface area (Å²) in [5.41, 5.74) is -0.959. The van der Waals surface area contributed by atoms with Crippen molar-refractivity contribution in [1.82, 2.24) is 5.32 Å². The Kier molecular flexibility index (Phi) is 4.10. The maximum atomic E-state index is 12.8. The molecular formula is C12H15ClF3N. The van der Waals surface area contributed by atoms with Gasteiger partial charge in [0.2, 0.25) is 0 Å². The van der Waals surface area contributed by atoms with Crippen LogP contribution in [0.3, 0.4) is 0 Å². The van der Waals surface area contributed by atoms with Crippen LogP contribution >= 0.6 is 11.6 Å². The minimum absolute atomic E-state index is 0.140. The summed E-state index contributed by atoms with van der Waals surface area (Å²) in [6.07, 6.45) is -4.15. The number of likely N-dealkylation sites (N-methyl/N-ethyl adjacent to an activating group) is 1. The first-order valence-electron chi connectivity index (χ1n) is 5.21. The van der Waals surface area contributed by atoms with Crippen LogP contribution in [0.1, 0.15) is 25.0 Å². The molecule has 0 heterocycles. The van der Waals surface area contributed by atoms with Crippen molar-refractivity contribution in [1.29, 1.82) is 0 Å². The van der Waals surface area contributed by atoms with Gasteiger partial charge in [-0.05, 0) is 45.0 Å². The van der Waals surface area contributed by atoms with Gasteiger partial charge in [0.25, 0.3) is 0 Å². The Morgan fingerprint density at radius 3 is 2.29 bits per heavy atom. The largest absolute Gasteiger partial charge is 0.416 e. The lowest BCUT2D eigenvalue weighted by molar-refractivity contribution is -0.138. The molecule has 1 rings (SSSR count). The zero-order valence-electron chi connectivity index (χ0n) is 9.95. The number of rotatable bonds is 3. The van der Waals surface area contributed by atoms with Crippen LogP contribution in [0, 0.1) is 0 Å². The monoisotopic (exact) mass is 265 g/mol. The lowest BCUT2D eigenvalue weighted by atomic mass is 9.92. The van der Waals surface area contributed by atoms with Gasteiger partial charge in [-0.1, -0.05) is 17.7 Å². The van der Waals surface area contributed by atoms with Crippen LogP contribution in [0.5, 0.6) is 0 Å². The summed E-state index contributed by atoms with van der Waals surface area (Å²) in [6.45, 7) is 3.66. The molecule has 0 saturated carbocycles. The Labute approximate surface area is 104 Å². The number of alkyl halides is 3. The van der Waals surface area contributed by atoms with E-state index < -0.39 is 17.3 Å². The van der Waals surface area contributed by atoms with Crippen molar-refractivity contribution in [3.05, 3.63) is 34.3 Å². The molecule has 0 atom stereocenters. The van der Waals surface area contributed by atoms with E-state index in [9.17, 15) is 13.2 Å². The van der Waals surface area contributed by atoms with E-state index >= 15 is 0 Å². The van der Waals surface area contributed by atoms with Crippen molar-refractivity contribution in [2.75, 3.05) is 7.05 Å². The standard InChI is InChI=1S/C12H15ClF3N/c1-11(2,17-3)7-8-9(12(14,15)16)5-4-6-10(8)13/h4-6,17H,7H2,1-3H3. The average Bonchev–Trinajstić information content (AvgIpc) is 2.19. The molecule has 17 heavy (non-hydrogen) atoms. The molecule has 0 unspecified atom stereocenters. The topological polar surface area (TPSA) is 12.0 Å². The summed E-state index contributed by atoms with van der Waals surface area (Å²) in [6, 6.07) is 3.87. The Morgan fingerprint density at radius 2 is 1.82 bits per heavy atom. The van der Waals surface area contributed by atoms with Gasteiger partial charge >= 0.3 is 6.18 Å². The second-order valence-electron chi connectivity index (χ2n) is 4.57. The molecule has 96 valence electrons. The third-order valence-electron chi connectivity index (χ3n) is 2.72. The Balaban J connectivity index is 3.22. The van der Waals surface area contributed by atoms with Crippen LogP contribution in [0.2, 0.25) is 5.02 Å². The third kappa shape index (κ3) is 3.61. The van der Waals surface area contributed by atoms with Gasteiger partial charge in [0, 0.05) is 10.6 Å². The molecule has 0 aromatic heterocycles. The number of halogens is 4. The zero-order chi connectivity index (χ0) is 13.3. The molecule has 0 aliphatic heterocycles. The van der Waals surface area contributed by atoms with Crippen molar-refractivity contribution in [3.8, 4) is 0 Å². The number of hydrogen-bond donors (Lipinski definition) is 1. The predicted octanol–water partition coefficient (Wildman–Crippen LogP) is 3.90. The molecule has 0 saturated heterocycles. The predicted molar refractivity (Wildman–Crippen MR) is 63.3 cm³/mol. The van der Waals surface area contributed by atoms with Crippen molar-refractivity contribution in [3.63, 3.8) is 0 Å². The lowest BCUT2D eigenvalue weighted by Crippen LogP contribution is -2.39. The molecule has 0 amide bonds. The van der Waals surface area contributed by atoms with E-state index in [4.69, 9.17) is 11.6 Å². The quantitative estimate of drug-likeness (QED) is 0.874. The Hall–Kier alpha value is -0.740. The minimum atomic E-state index is -4.37. The summed E-state index contributed by atoms with van der Waals surface area (Å²) >= 11 is 5.87. The molecule has 0 fully saturated rings. The van der Waals surface area contributed by atoms with Crippen LogP contribution in [-0.4, -0.2) is 12.6 Å². The van der Waals surface area contributed by atoms with Gasteiger partial charge in [0.05, 0.1) is 5.56 Å². The number of nitrogens with one attached hydrogen (secondary N) is 1. The molecule has 0 radical (unpaired) electrons. The molecule has 0 spiro atoms. The van der Waals surface area contributed by atoms with E-state index in [1.54, 1.807) is 7.05 Å². The van der Waals surface area contributed by atoms with Crippen LogP contribution in [0.25, 0.3) is 0 Å². The second kappa shape index (κ2) is 4.86. The molecule has 1 nitrogen and oxygen atoms in total. The van der Waals surface area contributed by atoms with Gasteiger partial charge in [0.1, 0.15) is 0 Å². The van der Waals surface area contributed by atoms with Gasteiger partial charge in [-0.25, -0.2) is 0 Å². The maximum absolute atomic E-state index is 12.8. The summed E-state index contributed by atoms with van der Waals surface area (Å²) in [4.78, 5) is 0. The van der Waals surface area contributed by atoms with Gasteiger partial charge < -0.3 is 5.32 Å². The van der Waals surface area contributed by atoms with Crippen molar-refractivity contribution >= 4 is 11.6 Å². The van der Waals surface area contributed by atoms with E-state index in [0.29, 0.717) is 0 Å². The normalized spacial score (nSPS) is 12.9. The molecule has 5 heteroatoms. The molecule has 0 aliphatic carbocycles. The smallest absolute Gasteiger partial charge is 0.314 e. The highest BCUT2D eigenvalue weighted by Gasteiger charge is 2.35. The first-order chi connectivity index (χ1) is 7.67. The van der Waals surface area contributed by atoms with Crippen molar-refractivity contribution in [2.24, 2.45) is 0 Å². The van der Waals surface area contributed by atoms with Crippen molar-refractivity contribution in [2.45, 2.75) is 32.0 Å². The number of benzene rings is 1. The molecule has 1 aromatic rings. The summed E-state index contributed by atoms with van der Waals surface area (Å²) in [5, 5.41) is 3.13. The number of hydrogen-bond acceptors (Lipinski definition) is 1. The van der Waals surface area contributed by atoms with Gasteiger partial charge in [-0.15, -0.1) is 0 Å². The van der Waals surface area contributed by atoms with E-state index in [0.717, 1.165) is 6.07 Å². The summed E-state index contributed by atoms with van der Waals surface area (Å²) in [5.74, 6) is 0. The molecular weight excluding hydrogens is 251 g/mol. The highest BCUT2D eigenvalue weighted by atomic mass is 35.5. The van der Waals surface area contributed by atoms with E-state index in [2.05, 4.69) is 5.32 Å². The van der Waals surface area contributed by atoms with E-state index in [1.165, 1.54) is 12.1 Å². The highest BCUT2D eigenvalue weighted by molar-refractivity contribution is 6.31. The van der Waals surface area contributed by atoms with Crippen molar-refractivity contribution < 1.29 is 13.2 Å². The fourth-order valence-corrected chi connectivity index (χ4v) is 1.78. The first kappa shape index (κ1) is 14.3. The molecule has 1 aromatic carbocycles. The minimum Gasteiger partial charge on any atom is -0.314 e. The SMILES string of the molecule is CNC(C)(C)Cc1c(Cl)cccc1C(F)(F)F. The summed E-state index contributed by atoms with van der Waals surface area (Å²) < 4.78 is 38.5. The van der Waals surface area contributed by atoms with Gasteiger partial charge in [0.15, 0.2) is 0 Å². The van der Waals surface area contributed by atoms with Crippen LogP contribution in [0.15, 0.2) is 18.2 Å². The lowest BCUT2D eigenvalue weighted by Gasteiger charge is -2.26. The van der Waals surface area contributed by atoms with Crippen LogP contribution < -0.4 is 5.32 Å². The van der Waals surface area contributed by atoms with E-state index in [-0.39, 0.29) is 17.0 Å². The average molecular weight is 266 g/mol. The molecule has 1 N–H and O–H groups in total. The Bertz CT molecular complexity index is 399. The zero-order valence-corrected chi connectivity index (χ0v) is 10.7. The first-order valence-corrected chi connectivity index (χ1v) is 5.59. The molecule has 0 bridgehead atoms. The fourth-order valence-electron chi connectivity index (χ4n) is 1.53. The van der Waals surface area contributed by atoms with Gasteiger partial charge in [-0.2, -0.15) is 13.2 Å². The fraction of sp³-hybridized carbons (Fsp3) is 0.500. The van der Waals surface area contributed by atoms with Crippen LogP contribution in [-0.2, 0) is 12.6 Å². The second-order valence-corrected chi connectivity index (χ2v) is 4.98. The van der Waals surface area contributed by atoms with Gasteiger partial charge in [-0.3, -0.25) is 0 Å². The van der Waals surface area contributed by atoms with E-state index in [1.807, 2.05) is 13.8 Å². The summed E-state index contributed by atoms with van der Waals surface area (Å²) in [7, 11) is 1.71. The Morgan fingerprint density at radius 1 is 1.24 bits per heavy atom. The highest BCUT2D eigenvalue weighted by Crippen LogP contribution is 2.36. The third-order valence-corrected chi connectivity index (χ3v) is 3.07. The van der Waals surface area contributed by atoms with Crippen LogP contribution in [0.4, 0.5) is 13.2 Å². The molecule has 0 aliphatic rings. The maximum Gasteiger partial charge on any atom is 0.416 e.